The molecule has 84 heavy (non-hydrogen) atoms. The Morgan fingerprint density at radius 1 is 0.381 bits per heavy atom. The molecule has 0 saturated carbocycles. The molecule has 0 N–H and O–H groups in total. The number of phosphoric acid groups is 1. The number of likely N-dealkylation sites (N-methyl/N-ethyl adjacent to an activating group) is 1. The summed E-state index contributed by atoms with van der Waals surface area (Å²) in [5.74, 6) is -0.833. The zero-order valence-electron chi connectivity index (χ0n) is 55.3. The van der Waals surface area contributed by atoms with E-state index < -0.39 is 26.5 Å². The summed E-state index contributed by atoms with van der Waals surface area (Å²) in [6.07, 6.45) is 89.1. The van der Waals surface area contributed by atoms with Crippen LogP contribution in [-0.2, 0) is 32.7 Å². The average molecular weight is 1190 g/mol. The summed E-state index contributed by atoms with van der Waals surface area (Å²) in [4.78, 5) is 38.1. The number of carbonyl (C=O) groups is 2. The van der Waals surface area contributed by atoms with Crippen molar-refractivity contribution in [2.24, 2.45) is 0 Å². The van der Waals surface area contributed by atoms with Crippen molar-refractivity contribution in [2.45, 2.75) is 315 Å². The number of allylic oxidation sites excluding steroid dienone is 16. The fraction of sp³-hybridized carbons (Fsp3) is 0.757. The van der Waals surface area contributed by atoms with Crippen LogP contribution in [0.4, 0.5) is 0 Å². The molecule has 0 spiro atoms. The van der Waals surface area contributed by atoms with Gasteiger partial charge in [0.2, 0.25) is 0 Å². The number of esters is 2. The summed E-state index contributed by atoms with van der Waals surface area (Å²) in [6, 6.07) is 0. The van der Waals surface area contributed by atoms with Gasteiger partial charge in [-0.2, -0.15) is 0 Å². The number of phosphoric ester groups is 1. The molecule has 0 amide bonds. The van der Waals surface area contributed by atoms with E-state index in [4.69, 9.17) is 18.5 Å². The van der Waals surface area contributed by atoms with Crippen molar-refractivity contribution in [1.82, 2.24) is 0 Å². The van der Waals surface area contributed by atoms with Gasteiger partial charge in [0, 0.05) is 12.8 Å². The third-order valence-corrected chi connectivity index (χ3v) is 16.1. The Balaban J connectivity index is 4.08. The molecule has 0 aromatic carbocycles. The number of unbranched alkanes of at least 4 members (excludes halogenated alkanes) is 34. The SMILES string of the molecule is CC/C=C\C/C=C\C/C=C\C/C=C\C/C=C\C/C=C\C/C=C\CCCCCCCCCCCC(=O)OC(COC(=O)CCCCCCCCCCCCCCCCCCC/C=C\CCCCCCCCCC)COP(=O)([O-])OCC[N+](C)(C)C. The maximum atomic E-state index is 12.9. The van der Waals surface area contributed by atoms with E-state index >= 15 is 0 Å². The lowest BCUT2D eigenvalue weighted by Crippen LogP contribution is -2.37. The van der Waals surface area contributed by atoms with E-state index in [0.29, 0.717) is 17.4 Å². The van der Waals surface area contributed by atoms with Crippen molar-refractivity contribution in [1.29, 1.82) is 0 Å². The second-order valence-electron chi connectivity index (χ2n) is 24.5. The highest BCUT2D eigenvalue weighted by Crippen LogP contribution is 2.38. The van der Waals surface area contributed by atoms with E-state index in [9.17, 15) is 19.0 Å². The first-order chi connectivity index (χ1) is 41.0. The molecule has 9 nitrogen and oxygen atoms in total. The van der Waals surface area contributed by atoms with Crippen LogP contribution in [0, 0.1) is 0 Å². The monoisotopic (exact) mass is 1190 g/mol. The van der Waals surface area contributed by atoms with Crippen molar-refractivity contribution >= 4 is 19.8 Å². The first kappa shape index (κ1) is 80.9. The number of quaternary nitrogens is 1. The average Bonchev–Trinajstić information content (AvgIpc) is 3.61. The Kier molecular flexibility index (Phi) is 62.1. The summed E-state index contributed by atoms with van der Waals surface area (Å²) < 4.78 is 34.3. The van der Waals surface area contributed by atoms with Crippen molar-refractivity contribution in [2.75, 3.05) is 47.5 Å². The molecule has 0 rings (SSSR count). The second-order valence-corrected chi connectivity index (χ2v) is 25.9. The second kappa shape index (κ2) is 64.4. The highest BCUT2D eigenvalue weighted by atomic mass is 31.2. The smallest absolute Gasteiger partial charge is 0.306 e. The van der Waals surface area contributed by atoms with Crippen LogP contribution in [0.1, 0.15) is 309 Å². The molecule has 0 aromatic rings. The van der Waals surface area contributed by atoms with Crippen LogP contribution in [-0.4, -0.2) is 70.0 Å². The minimum atomic E-state index is -4.65. The third-order valence-electron chi connectivity index (χ3n) is 15.1. The Labute approximate surface area is 519 Å². The molecule has 0 aromatic heterocycles. The van der Waals surface area contributed by atoms with Gasteiger partial charge in [-0.3, -0.25) is 14.2 Å². The van der Waals surface area contributed by atoms with E-state index in [1.165, 1.54) is 186 Å². The molecule has 2 atom stereocenters. The molecule has 0 saturated heterocycles. The molecule has 0 aliphatic carbocycles. The number of ether oxygens (including phenoxy) is 2. The van der Waals surface area contributed by atoms with Gasteiger partial charge in [0.1, 0.15) is 19.8 Å². The zero-order chi connectivity index (χ0) is 61.2. The number of nitrogens with zero attached hydrogens (tertiary/aromatic N) is 1. The zero-order valence-corrected chi connectivity index (χ0v) is 56.2. The predicted octanol–water partition coefficient (Wildman–Crippen LogP) is 22.1. The van der Waals surface area contributed by atoms with Gasteiger partial charge in [-0.05, 0) is 96.3 Å². The van der Waals surface area contributed by atoms with Gasteiger partial charge in [-0.1, -0.05) is 297 Å². The van der Waals surface area contributed by atoms with Crippen molar-refractivity contribution in [3.63, 3.8) is 0 Å². The lowest BCUT2D eigenvalue weighted by atomic mass is 10.0. The topological polar surface area (TPSA) is 111 Å². The summed E-state index contributed by atoms with van der Waals surface area (Å²) in [7, 11) is 1.16. The van der Waals surface area contributed by atoms with Crippen LogP contribution < -0.4 is 4.89 Å². The molecule has 0 heterocycles. The fourth-order valence-corrected chi connectivity index (χ4v) is 10.5. The predicted molar refractivity (Wildman–Crippen MR) is 360 cm³/mol. The number of hydrogen-bond donors (Lipinski definition) is 0. The lowest BCUT2D eigenvalue weighted by molar-refractivity contribution is -0.870. The first-order valence-corrected chi connectivity index (χ1v) is 36.4. The van der Waals surface area contributed by atoms with Crippen LogP contribution in [0.3, 0.4) is 0 Å². The maximum absolute atomic E-state index is 12.9. The summed E-state index contributed by atoms with van der Waals surface area (Å²) in [5.41, 5.74) is 0. The third kappa shape index (κ3) is 68.0. The van der Waals surface area contributed by atoms with Gasteiger partial charge in [0.05, 0.1) is 27.7 Å². The van der Waals surface area contributed by atoms with Crippen molar-refractivity contribution < 1.29 is 42.1 Å². The summed E-state index contributed by atoms with van der Waals surface area (Å²) >= 11 is 0. The molecule has 0 aliphatic rings. The summed E-state index contributed by atoms with van der Waals surface area (Å²) in [5, 5.41) is 0. The Bertz CT molecular complexity index is 1740. The van der Waals surface area contributed by atoms with Crippen LogP contribution in [0.5, 0.6) is 0 Å². The van der Waals surface area contributed by atoms with Crippen molar-refractivity contribution in [3.8, 4) is 0 Å². The Morgan fingerprint density at radius 2 is 0.679 bits per heavy atom. The van der Waals surface area contributed by atoms with Gasteiger partial charge in [-0.25, -0.2) is 0 Å². The Morgan fingerprint density at radius 3 is 1.02 bits per heavy atom. The van der Waals surface area contributed by atoms with E-state index in [1.807, 2.05) is 21.1 Å². The minimum absolute atomic E-state index is 0.0350. The normalized spacial score (nSPS) is 13.7. The molecular weight excluding hydrogens is 1060 g/mol. The van der Waals surface area contributed by atoms with Crippen molar-refractivity contribution in [3.05, 3.63) is 97.2 Å². The lowest BCUT2D eigenvalue weighted by Gasteiger charge is -2.28. The van der Waals surface area contributed by atoms with E-state index in [-0.39, 0.29) is 32.0 Å². The molecule has 2 unspecified atom stereocenters. The highest BCUT2D eigenvalue weighted by molar-refractivity contribution is 7.45. The number of hydrogen-bond acceptors (Lipinski definition) is 8. The standard InChI is InChI=1S/C74H132NO8P/c1-6-8-10-12-14-16-18-20-22-24-26-28-30-32-34-36-37-39-41-43-45-47-49-51-53-55-57-59-61-63-65-67-74(77)83-72(71-82-84(78,79)81-69-68-75(3,4)5)70-80-73(76)66-64-62-60-58-56-54-52-50-48-46-44-42-40-38-35-33-31-29-27-25-23-21-19-17-15-13-11-9-7-2/h8,10,14,16,20,22,25-28,32,34,37,39,43,45,72H,6-7,9,11-13,15,17-19,21,23-24,29-31,33,35-36,38,40-42,44,46-71H2,1-5H3/b10-8-,16-14-,22-20-,27-25-,28-26-,34-32-,39-37-,45-43-. The minimum Gasteiger partial charge on any atom is -0.756 e. The number of rotatable bonds is 64. The highest BCUT2D eigenvalue weighted by Gasteiger charge is 2.22. The number of carbonyl (C=O) groups excluding carboxylic acids is 2. The molecule has 0 bridgehead atoms. The van der Waals surface area contributed by atoms with E-state index in [0.717, 1.165) is 89.9 Å². The van der Waals surface area contributed by atoms with E-state index in [1.54, 1.807) is 0 Å². The van der Waals surface area contributed by atoms with E-state index in [2.05, 4.69) is 111 Å². The van der Waals surface area contributed by atoms with Gasteiger partial charge >= 0.3 is 11.9 Å². The largest absolute Gasteiger partial charge is 0.756 e. The fourth-order valence-electron chi connectivity index (χ4n) is 9.75. The van der Waals surface area contributed by atoms with Crippen LogP contribution in [0.15, 0.2) is 97.2 Å². The molecule has 486 valence electrons. The van der Waals surface area contributed by atoms with Gasteiger partial charge < -0.3 is 27.9 Å². The van der Waals surface area contributed by atoms with Gasteiger partial charge in [0.15, 0.2) is 6.10 Å². The molecule has 10 heteroatoms. The molecular formula is C74H132NO8P. The van der Waals surface area contributed by atoms with Crippen LogP contribution >= 0.6 is 7.82 Å². The molecule has 0 aliphatic heterocycles. The Hall–Kier alpha value is -3.07. The maximum Gasteiger partial charge on any atom is 0.306 e. The van der Waals surface area contributed by atoms with Gasteiger partial charge in [0.25, 0.3) is 7.82 Å². The molecule has 0 radical (unpaired) electrons. The first-order valence-electron chi connectivity index (χ1n) is 34.9. The summed E-state index contributed by atoms with van der Waals surface area (Å²) in [6.45, 7) is 4.15. The van der Waals surface area contributed by atoms with Crippen LogP contribution in [0.2, 0.25) is 0 Å². The van der Waals surface area contributed by atoms with Gasteiger partial charge in [-0.15, -0.1) is 0 Å². The molecule has 0 fully saturated rings. The van der Waals surface area contributed by atoms with Crippen LogP contribution in [0.25, 0.3) is 0 Å². The quantitative estimate of drug-likeness (QED) is 0.0195.